The van der Waals surface area contributed by atoms with E-state index in [9.17, 15) is 9.36 Å². The molecule has 1 aromatic carbocycles. The second-order valence-corrected chi connectivity index (χ2v) is 6.12. The van der Waals surface area contributed by atoms with Crippen LogP contribution in [0.1, 0.15) is 38.2 Å². The summed E-state index contributed by atoms with van der Waals surface area (Å²) in [5, 5.41) is 0. The quantitative estimate of drug-likeness (QED) is 0.469. The highest BCUT2D eigenvalue weighted by Crippen LogP contribution is 2.50. The number of phosphoric acid groups is 1. The van der Waals surface area contributed by atoms with Gasteiger partial charge in [0, 0.05) is 0 Å². The predicted molar refractivity (Wildman–Crippen MR) is 85.6 cm³/mol. The van der Waals surface area contributed by atoms with Crippen LogP contribution in [0.4, 0.5) is 0 Å². The number of hydrogen-bond donors (Lipinski definition) is 0. The highest BCUT2D eigenvalue weighted by Gasteiger charge is 2.34. The van der Waals surface area contributed by atoms with Gasteiger partial charge < -0.3 is 4.52 Å². The third-order valence-corrected chi connectivity index (χ3v) is 4.47. The fourth-order valence-electron chi connectivity index (χ4n) is 1.97. The molecule has 0 aliphatic rings. The molecule has 22 heavy (non-hydrogen) atoms. The summed E-state index contributed by atoms with van der Waals surface area (Å²) in [4.78, 5) is 12.4. The van der Waals surface area contributed by atoms with Crippen molar-refractivity contribution in [1.29, 1.82) is 0 Å². The van der Waals surface area contributed by atoms with E-state index in [1.165, 1.54) is 0 Å². The maximum absolute atomic E-state index is 12.4. The molecule has 0 heterocycles. The van der Waals surface area contributed by atoms with Crippen LogP contribution in [0, 0.1) is 0 Å². The van der Waals surface area contributed by atoms with Crippen LogP contribution in [0.2, 0.25) is 0 Å². The third-order valence-electron chi connectivity index (χ3n) is 2.92. The Kier molecular flexibility index (Phi) is 8.10. The van der Waals surface area contributed by atoms with Crippen LogP contribution in [-0.2, 0) is 22.9 Å². The monoisotopic (exact) mass is 326 g/mol. The van der Waals surface area contributed by atoms with E-state index >= 15 is 0 Å². The lowest BCUT2D eigenvalue weighted by molar-refractivity contribution is -0.138. The minimum Gasteiger partial charge on any atom is -0.370 e. The summed E-state index contributed by atoms with van der Waals surface area (Å²) in [6.07, 6.45) is 2.89. The maximum atomic E-state index is 12.4. The van der Waals surface area contributed by atoms with Crippen LogP contribution in [0.5, 0.6) is 0 Å². The van der Waals surface area contributed by atoms with E-state index in [1.54, 1.807) is 19.9 Å². The van der Waals surface area contributed by atoms with E-state index in [2.05, 4.69) is 6.58 Å². The van der Waals surface area contributed by atoms with E-state index in [-0.39, 0.29) is 13.2 Å². The standard InChI is InChI=1S/C16H23O5P/c1-4-7-13-15(14-11-9-8-10-12-14)16(17)21-22(18,19-5-2)20-6-3/h4,8-12,15H,1,5-7,13H2,2-3H3. The molecule has 0 spiro atoms. The average molecular weight is 326 g/mol. The molecule has 0 N–H and O–H groups in total. The third kappa shape index (κ3) is 5.76. The Morgan fingerprint density at radius 2 is 1.82 bits per heavy atom. The molecule has 0 amide bonds. The van der Waals surface area contributed by atoms with Crippen molar-refractivity contribution in [1.82, 2.24) is 0 Å². The minimum absolute atomic E-state index is 0.132. The smallest absolute Gasteiger partial charge is 0.370 e. The van der Waals surface area contributed by atoms with Crippen molar-refractivity contribution in [3.8, 4) is 0 Å². The van der Waals surface area contributed by atoms with Gasteiger partial charge in [0.05, 0.1) is 19.1 Å². The SMILES string of the molecule is C=CCCC(C(=O)OP(=O)(OCC)OCC)c1ccccc1. The zero-order valence-corrected chi connectivity index (χ0v) is 14.0. The van der Waals surface area contributed by atoms with Crippen molar-refractivity contribution >= 4 is 13.8 Å². The first kappa shape index (κ1) is 18.6. The first-order chi connectivity index (χ1) is 10.6. The summed E-state index contributed by atoms with van der Waals surface area (Å²) in [6, 6.07) is 9.22. The van der Waals surface area contributed by atoms with Crippen LogP contribution in [0.25, 0.3) is 0 Å². The van der Waals surface area contributed by atoms with Gasteiger partial charge in [-0.2, -0.15) is 0 Å². The van der Waals surface area contributed by atoms with Gasteiger partial charge in [-0.3, -0.25) is 13.8 Å². The van der Waals surface area contributed by atoms with Gasteiger partial charge in [0.2, 0.25) is 0 Å². The van der Waals surface area contributed by atoms with Crippen LogP contribution in [0.3, 0.4) is 0 Å². The lowest BCUT2D eigenvalue weighted by atomic mass is 9.94. The molecule has 0 aliphatic heterocycles. The van der Waals surface area contributed by atoms with Gasteiger partial charge in [-0.05, 0) is 32.3 Å². The second-order valence-electron chi connectivity index (χ2n) is 4.52. The van der Waals surface area contributed by atoms with Gasteiger partial charge in [-0.1, -0.05) is 36.4 Å². The molecule has 0 aromatic heterocycles. The lowest BCUT2D eigenvalue weighted by Crippen LogP contribution is -2.16. The molecule has 5 nitrogen and oxygen atoms in total. The zero-order chi connectivity index (χ0) is 16.4. The van der Waals surface area contributed by atoms with E-state index in [4.69, 9.17) is 13.6 Å². The first-order valence-corrected chi connectivity index (χ1v) is 8.80. The normalized spacial score (nSPS) is 12.6. The number of rotatable bonds is 10. The van der Waals surface area contributed by atoms with Crippen molar-refractivity contribution < 1.29 is 22.9 Å². The molecule has 1 rings (SSSR count). The molecule has 0 fully saturated rings. The number of phosphoric ester groups is 1. The molecule has 122 valence electrons. The van der Waals surface area contributed by atoms with Crippen molar-refractivity contribution in [3.63, 3.8) is 0 Å². The molecule has 0 radical (unpaired) electrons. The molecule has 1 aromatic rings. The minimum atomic E-state index is -3.86. The van der Waals surface area contributed by atoms with Gasteiger partial charge in [-0.25, -0.2) is 4.57 Å². The fraction of sp³-hybridized carbons (Fsp3) is 0.438. The molecule has 1 unspecified atom stereocenters. The van der Waals surface area contributed by atoms with Crippen LogP contribution in [0.15, 0.2) is 43.0 Å². The molecule has 0 saturated carbocycles. The zero-order valence-electron chi connectivity index (χ0n) is 13.1. The maximum Gasteiger partial charge on any atom is 0.532 e. The van der Waals surface area contributed by atoms with Gasteiger partial charge in [0.25, 0.3) is 0 Å². The number of hydrogen-bond acceptors (Lipinski definition) is 5. The van der Waals surface area contributed by atoms with E-state index < -0.39 is 19.7 Å². The summed E-state index contributed by atoms with van der Waals surface area (Å²) < 4.78 is 27.4. The summed E-state index contributed by atoms with van der Waals surface area (Å²) in [6.45, 7) is 7.24. The van der Waals surface area contributed by atoms with Gasteiger partial charge in [0.1, 0.15) is 0 Å². The summed E-state index contributed by atoms with van der Waals surface area (Å²) >= 11 is 0. The second kappa shape index (κ2) is 9.57. The molecular weight excluding hydrogens is 303 g/mol. The molecule has 0 bridgehead atoms. The number of allylic oxidation sites excluding steroid dienone is 1. The molecular formula is C16H23O5P. The molecule has 0 aliphatic carbocycles. The Morgan fingerprint density at radius 1 is 1.23 bits per heavy atom. The number of benzene rings is 1. The molecule has 1 atom stereocenters. The molecule has 0 saturated heterocycles. The van der Waals surface area contributed by atoms with Crippen LogP contribution < -0.4 is 0 Å². The highest BCUT2D eigenvalue weighted by atomic mass is 31.2. The van der Waals surface area contributed by atoms with Gasteiger partial charge >= 0.3 is 13.8 Å². The summed E-state index contributed by atoms with van der Waals surface area (Å²) in [7, 11) is -3.86. The van der Waals surface area contributed by atoms with E-state index in [0.717, 1.165) is 5.56 Å². The summed E-state index contributed by atoms with van der Waals surface area (Å²) in [5.41, 5.74) is 0.800. The summed E-state index contributed by atoms with van der Waals surface area (Å²) in [5.74, 6) is -1.15. The topological polar surface area (TPSA) is 61.8 Å². The Bertz CT molecular complexity index is 505. The first-order valence-electron chi connectivity index (χ1n) is 7.34. The predicted octanol–water partition coefficient (Wildman–Crippen LogP) is 4.46. The van der Waals surface area contributed by atoms with Gasteiger partial charge in [-0.15, -0.1) is 6.58 Å². The van der Waals surface area contributed by atoms with Crippen molar-refractivity contribution in [2.45, 2.75) is 32.6 Å². The molecule has 6 heteroatoms. The van der Waals surface area contributed by atoms with E-state index in [0.29, 0.717) is 12.8 Å². The Morgan fingerprint density at radius 3 is 2.32 bits per heavy atom. The van der Waals surface area contributed by atoms with E-state index in [1.807, 2.05) is 30.3 Å². The lowest BCUT2D eigenvalue weighted by Gasteiger charge is -2.20. The van der Waals surface area contributed by atoms with Crippen LogP contribution in [-0.4, -0.2) is 19.2 Å². The Labute approximate surface area is 131 Å². The Hall–Kier alpha value is -1.42. The van der Waals surface area contributed by atoms with Crippen molar-refractivity contribution in [2.75, 3.05) is 13.2 Å². The largest absolute Gasteiger partial charge is 0.532 e. The number of carbonyl (C=O) groups is 1. The van der Waals surface area contributed by atoms with Crippen LogP contribution >= 0.6 is 7.82 Å². The highest BCUT2D eigenvalue weighted by molar-refractivity contribution is 7.49. The van der Waals surface area contributed by atoms with Crippen molar-refractivity contribution in [2.24, 2.45) is 0 Å². The van der Waals surface area contributed by atoms with Gasteiger partial charge in [0.15, 0.2) is 0 Å². The Balaban J connectivity index is 2.91. The number of carbonyl (C=O) groups excluding carboxylic acids is 1. The average Bonchev–Trinajstić information content (AvgIpc) is 2.49. The fourth-order valence-corrected chi connectivity index (χ4v) is 3.13. The van der Waals surface area contributed by atoms with Crippen molar-refractivity contribution in [3.05, 3.63) is 48.6 Å².